The molecule has 0 aromatic carbocycles. The summed E-state index contributed by atoms with van der Waals surface area (Å²) in [5.74, 6) is 0.482. The molecule has 0 atom stereocenters. The van der Waals surface area contributed by atoms with Crippen molar-refractivity contribution in [1.82, 2.24) is 4.98 Å². The predicted octanol–water partition coefficient (Wildman–Crippen LogP) is 1.24. The van der Waals surface area contributed by atoms with Crippen molar-refractivity contribution in [2.75, 3.05) is 26.1 Å². The summed E-state index contributed by atoms with van der Waals surface area (Å²) in [6, 6.07) is 3.52. The van der Waals surface area contributed by atoms with Gasteiger partial charge in [-0.25, -0.2) is 9.78 Å². The van der Waals surface area contributed by atoms with Crippen LogP contribution in [-0.2, 0) is 4.74 Å². The lowest BCUT2D eigenvalue weighted by molar-refractivity contribution is 0.0599. The standard InChI is InChI=1S/C10H14N2O2/c1-7-8(10(13)14-4)5-6-9(11-7)12(2)3/h5-6H,1-4H3. The quantitative estimate of drug-likeness (QED) is 0.664. The van der Waals surface area contributed by atoms with E-state index in [0.29, 0.717) is 11.3 Å². The number of methoxy groups -OCH3 is 1. The second-order valence-corrected chi connectivity index (χ2v) is 3.19. The summed E-state index contributed by atoms with van der Waals surface area (Å²) < 4.78 is 4.62. The van der Waals surface area contributed by atoms with Crippen LogP contribution in [0.5, 0.6) is 0 Å². The molecule has 0 aliphatic carbocycles. The summed E-state index contributed by atoms with van der Waals surface area (Å²) in [7, 11) is 5.17. The highest BCUT2D eigenvalue weighted by Gasteiger charge is 2.10. The van der Waals surface area contributed by atoms with Gasteiger partial charge in [0.25, 0.3) is 0 Å². The Balaban J connectivity index is 3.07. The predicted molar refractivity (Wildman–Crippen MR) is 54.6 cm³/mol. The Morgan fingerprint density at radius 1 is 1.43 bits per heavy atom. The maximum absolute atomic E-state index is 11.2. The molecule has 76 valence electrons. The molecule has 1 aromatic rings. The second-order valence-electron chi connectivity index (χ2n) is 3.19. The number of aryl methyl sites for hydroxylation is 1. The molecule has 0 unspecified atom stereocenters. The molecular formula is C10H14N2O2. The molecular weight excluding hydrogens is 180 g/mol. The first-order valence-corrected chi connectivity index (χ1v) is 4.29. The minimum atomic E-state index is -0.347. The van der Waals surface area contributed by atoms with E-state index in [1.54, 1.807) is 19.1 Å². The minimum Gasteiger partial charge on any atom is -0.465 e. The normalized spacial score (nSPS) is 9.71. The van der Waals surface area contributed by atoms with E-state index in [2.05, 4.69) is 9.72 Å². The number of ether oxygens (including phenoxy) is 1. The van der Waals surface area contributed by atoms with Gasteiger partial charge in [-0.2, -0.15) is 0 Å². The van der Waals surface area contributed by atoms with Crippen molar-refractivity contribution < 1.29 is 9.53 Å². The van der Waals surface area contributed by atoms with Gasteiger partial charge in [-0.3, -0.25) is 0 Å². The van der Waals surface area contributed by atoms with E-state index in [9.17, 15) is 4.79 Å². The van der Waals surface area contributed by atoms with E-state index in [-0.39, 0.29) is 5.97 Å². The van der Waals surface area contributed by atoms with E-state index in [0.717, 1.165) is 5.82 Å². The zero-order chi connectivity index (χ0) is 10.7. The van der Waals surface area contributed by atoms with Crippen LogP contribution in [0, 0.1) is 6.92 Å². The van der Waals surface area contributed by atoms with Crippen LogP contribution in [0.4, 0.5) is 5.82 Å². The van der Waals surface area contributed by atoms with Crippen LogP contribution >= 0.6 is 0 Å². The minimum absolute atomic E-state index is 0.347. The van der Waals surface area contributed by atoms with Crippen LogP contribution in [-0.4, -0.2) is 32.2 Å². The molecule has 0 amide bonds. The van der Waals surface area contributed by atoms with Crippen LogP contribution in [0.15, 0.2) is 12.1 Å². The number of hydrogen-bond acceptors (Lipinski definition) is 4. The highest BCUT2D eigenvalue weighted by molar-refractivity contribution is 5.90. The first-order chi connectivity index (χ1) is 6.56. The van der Waals surface area contributed by atoms with Gasteiger partial charge in [-0.1, -0.05) is 0 Å². The Morgan fingerprint density at radius 3 is 2.50 bits per heavy atom. The lowest BCUT2D eigenvalue weighted by Gasteiger charge is -2.12. The summed E-state index contributed by atoms with van der Waals surface area (Å²) in [4.78, 5) is 17.4. The molecule has 1 rings (SSSR count). The van der Waals surface area contributed by atoms with E-state index >= 15 is 0 Å². The van der Waals surface area contributed by atoms with Gasteiger partial charge in [0.05, 0.1) is 18.4 Å². The number of carbonyl (C=O) groups is 1. The molecule has 0 spiro atoms. The second kappa shape index (κ2) is 4.09. The third-order valence-corrected chi connectivity index (χ3v) is 1.93. The maximum Gasteiger partial charge on any atom is 0.339 e. The zero-order valence-electron chi connectivity index (χ0n) is 8.87. The largest absolute Gasteiger partial charge is 0.465 e. The molecule has 0 aliphatic heterocycles. The van der Waals surface area contributed by atoms with Crippen molar-refractivity contribution in [3.63, 3.8) is 0 Å². The van der Waals surface area contributed by atoms with Crippen LogP contribution in [0.25, 0.3) is 0 Å². The summed E-state index contributed by atoms with van der Waals surface area (Å²) in [5.41, 5.74) is 1.20. The van der Waals surface area contributed by atoms with E-state index in [1.807, 2.05) is 19.0 Å². The Bertz CT molecular complexity index is 348. The first kappa shape index (κ1) is 10.5. The number of rotatable bonds is 2. The molecule has 4 heteroatoms. The Labute approximate surface area is 83.5 Å². The molecule has 1 aromatic heterocycles. The number of anilines is 1. The molecule has 1 heterocycles. The SMILES string of the molecule is COC(=O)c1ccc(N(C)C)nc1C. The summed E-state index contributed by atoms with van der Waals surface area (Å²) in [6.45, 7) is 1.79. The van der Waals surface area contributed by atoms with Gasteiger partial charge in [-0.15, -0.1) is 0 Å². The number of hydrogen-bond donors (Lipinski definition) is 0. The summed E-state index contributed by atoms with van der Waals surface area (Å²) in [6.07, 6.45) is 0. The van der Waals surface area contributed by atoms with Crippen molar-refractivity contribution in [1.29, 1.82) is 0 Å². The van der Waals surface area contributed by atoms with Crippen LogP contribution < -0.4 is 4.90 Å². The Kier molecular flexibility index (Phi) is 3.06. The third kappa shape index (κ3) is 2.02. The number of esters is 1. The van der Waals surface area contributed by atoms with Crippen LogP contribution in [0.2, 0.25) is 0 Å². The number of pyridine rings is 1. The highest BCUT2D eigenvalue weighted by atomic mass is 16.5. The molecule has 0 aliphatic rings. The average Bonchev–Trinajstić information content (AvgIpc) is 2.16. The lowest BCUT2D eigenvalue weighted by atomic mass is 10.2. The molecule has 0 saturated heterocycles. The van der Waals surface area contributed by atoms with Crippen molar-refractivity contribution in [3.05, 3.63) is 23.4 Å². The van der Waals surface area contributed by atoms with E-state index < -0.39 is 0 Å². The average molecular weight is 194 g/mol. The van der Waals surface area contributed by atoms with Crippen LogP contribution in [0.1, 0.15) is 16.1 Å². The van der Waals surface area contributed by atoms with Gasteiger partial charge in [0, 0.05) is 14.1 Å². The smallest absolute Gasteiger partial charge is 0.339 e. The van der Waals surface area contributed by atoms with Gasteiger partial charge < -0.3 is 9.64 Å². The molecule has 0 N–H and O–H groups in total. The topological polar surface area (TPSA) is 42.4 Å². The number of nitrogens with zero attached hydrogens (tertiary/aromatic N) is 2. The molecule has 14 heavy (non-hydrogen) atoms. The molecule has 0 bridgehead atoms. The van der Waals surface area contributed by atoms with Crippen LogP contribution in [0.3, 0.4) is 0 Å². The third-order valence-electron chi connectivity index (χ3n) is 1.93. The Hall–Kier alpha value is -1.58. The van der Waals surface area contributed by atoms with Gasteiger partial charge in [-0.05, 0) is 19.1 Å². The fourth-order valence-corrected chi connectivity index (χ4v) is 1.12. The Morgan fingerprint density at radius 2 is 2.07 bits per heavy atom. The monoisotopic (exact) mass is 194 g/mol. The van der Waals surface area contributed by atoms with E-state index in [4.69, 9.17) is 0 Å². The molecule has 0 saturated carbocycles. The van der Waals surface area contributed by atoms with Gasteiger partial charge in [0.1, 0.15) is 5.82 Å². The molecule has 4 nitrogen and oxygen atoms in total. The van der Waals surface area contributed by atoms with Crippen molar-refractivity contribution in [3.8, 4) is 0 Å². The van der Waals surface area contributed by atoms with Crippen molar-refractivity contribution >= 4 is 11.8 Å². The summed E-state index contributed by atoms with van der Waals surface area (Å²) >= 11 is 0. The first-order valence-electron chi connectivity index (χ1n) is 4.29. The lowest BCUT2D eigenvalue weighted by Crippen LogP contribution is -2.13. The van der Waals surface area contributed by atoms with Gasteiger partial charge in [0.2, 0.25) is 0 Å². The van der Waals surface area contributed by atoms with Gasteiger partial charge >= 0.3 is 5.97 Å². The fraction of sp³-hybridized carbons (Fsp3) is 0.400. The number of aromatic nitrogens is 1. The maximum atomic E-state index is 11.2. The van der Waals surface area contributed by atoms with Gasteiger partial charge in [0.15, 0.2) is 0 Å². The number of carbonyl (C=O) groups excluding carboxylic acids is 1. The van der Waals surface area contributed by atoms with Crippen molar-refractivity contribution in [2.45, 2.75) is 6.92 Å². The summed E-state index contributed by atoms with van der Waals surface area (Å²) in [5, 5.41) is 0. The van der Waals surface area contributed by atoms with Crippen molar-refractivity contribution in [2.24, 2.45) is 0 Å². The molecule has 0 radical (unpaired) electrons. The van der Waals surface area contributed by atoms with E-state index in [1.165, 1.54) is 7.11 Å². The molecule has 0 fully saturated rings. The fourth-order valence-electron chi connectivity index (χ4n) is 1.12. The highest BCUT2D eigenvalue weighted by Crippen LogP contribution is 2.13. The zero-order valence-corrected chi connectivity index (χ0v) is 8.87.